The van der Waals surface area contributed by atoms with E-state index in [1.54, 1.807) is 0 Å². The monoisotopic (exact) mass is 431 g/mol. The molecule has 3 aromatic carbocycles. The van der Waals surface area contributed by atoms with Gasteiger partial charge in [-0.2, -0.15) is 0 Å². The highest BCUT2D eigenvalue weighted by Gasteiger charge is 2.22. The molecule has 1 unspecified atom stereocenters. The van der Waals surface area contributed by atoms with Crippen LogP contribution in [-0.4, -0.2) is 4.98 Å². The van der Waals surface area contributed by atoms with Crippen LogP contribution in [0.2, 0.25) is 0 Å². The highest BCUT2D eigenvalue weighted by atomic mass is 16.3. The van der Waals surface area contributed by atoms with Crippen LogP contribution >= 0.6 is 0 Å². The predicted octanol–water partition coefficient (Wildman–Crippen LogP) is 9.00. The Kier molecular flexibility index (Phi) is 5.22. The molecular formula is C31H29NO. The van der Waals surface area contributed by atoms with E-state index in [1.807, 2.05) is 6.20 Å². The van der Waals surface area contributed by atoms with Crippen LogP contribution in [0.1, 0.15) is 50.5 Å². The largest absolute Gasteiger partial charge is 0.455 e. The SMILES string of the molecule is CC(c1ccnc(-c2cccc3c2oc2cccc(-c4ccccc4)c23)c1)C1CCCCC1. The summed E-state index contributed by atoms with van der Waals surface area (Å²) in [7, 11) is 0. The van der Waals surface area contributed by atoms with Crippen molar-refractivity contribution in [1.29, 1.82) is 0 Å². The van der Waals surface area contributed by atoms with Crippen molar-refractivity contribution in [2.75, 3.05) is 0 Å². The van der Waals surface area contributed by atoms with Gasteiger partial charge < -0.3 is 4.42 Å². The van der Waals surface area contributed by atoms with E-state index in [-0.39, 0.29) is 0 Å². The normalized spacial score (nSPS) is 15.8. The zero-order valence-electron chi connectivity index (χ0n) is 19.1. The second kappa shape index (κ2) is 8.51. The van der Waals surface area contributed by atoms with E-state index >= 15 is 0 Å². The van der Waals surface area contributed by atoms with Crippen LogP contribution in [0.15, 0.2) is 89.5 Å². The molecule has 0 amide bonds. The van der Waals surface area contributed by atoms with E-state index in [9.17, 15) is 0 Å². The highest BCUT2D eigenvalue weighted by molar-refractivity contribution is 6.15. The fraction of sp³-hybridized carbons (Fsp3) is 0.258. The van der Waals surface area contributed by atoms with Crippen molar-refractivity contribution in [3.05, 3.63) is 90.6 Å². The number of benzene rings is 3. The standard InChI is InChI=1S/C31H29NO/c1-21(22-10-4-2-5-11-22)24-18-19-32-28(20-24)26-15-8-16-27-30-25(23-12-6-3-7-13-23)14-9-17-29(30)33-31(26)27/h3,6-9,12-22H,2,4-5,10-11H2,1H3. The van der Waals surface area contributed by atoms with Crippen LogP contribution in [0.5, 0.6) is 0 Å². The Hall–Kier alpha value is -3.39. The molecule has 6 rings (SSSR count). The lowest BCUT2D eigenvalue weighted by Gasteiger charge is -2.28. The third-order valence-electron chi connectivity index (χ3n) is 7.55. The molecule has 1 saturated carbocycles. The number of rotatable bonds is 4. The second-order valence-corrected chi connectivity index (χ2v) is 9.49. The molecule has 5 aromatic rings. The van der Waals surface area contributed by atoms with E-state index < -0.39 is 0 Å². The first kappa shape index (κ1) is 20.2. The topological polar surface area (TPSA) is 26.0 Å². The molecule has 2 aromatic heterocycles. The lowest BCUT2D eigenvalue weighted by Crippen LogP contribution is -2.14. The third kappa shape index (κ3) is 3.64. The van der Waals surface area contributed by atoms with Crippen LogP contribution in [-0.2, 0) is 0 Å². The minimum Gasteiger partial charge on any atom is -0.455 e. The molecule has 2 heterocycles. The number of aromatic nitrogens is 1. The van der Waals surface area contributed by atoms with Crippen LogP contribution in [0, 0.1) is 5.92 Å². The van der Waals surface area contributed by atoms with Crippen molar-refractivity contribution < 1.29 is 4.42 Å². The van der Waals surface area contributed by atoms with Crippen molar-refractivity contribution in [2.24, 2.45) is 5.92 Å². The van der Waals surface area contributed by atoms with Crippen molar-refractivity contribution in [1.82, 2.24) is 4.98 Å². The highest BCUT2D eigenvalue weighted by Crippen LogP contribution is 2.41. The molecule has 1 fully saturated rings. The van der Waals surface area contributed by atoms with Crippen LogP contribution < -0.4 is 0 Å². The van der Waals surface area contributed by atoms with E-state index in [0.29, 0.717) is 5.92 Å². The molecular weight excluding hydrogens is 402 g/mol. The number of para-hydroxylation sites is 1. The molecule has 0 spiro atoms. The van der Waals surface area contributed by atoms with Crippen molar-refractivity contribution in [2.45, 2.75) is 44.9 Å². The zero-order chi connectivity index (χ0) is 22.2. The Balaban J connectivity index is 1.48. The molecule has 0 aliphatic heterocycles. The van der Waals surface area contributed by atoms with E-state index in [0.717, 1.165) is 33.7 Å². The number of furan rings is 1. The molecule has 2 heteroatoms. The Labute approximate surface area is 195 Å². The molecule has 0 saturated heterocycles. The summed E-state index contributed by atoms with van der Waals surface area (Å²) < 4.78 is 6.48. The summed E-state index contributed by atoms with van der Waals surface area (Å²) in [6.45, 7) is 2.39. The summed E-state index contributed by atoms with van der Waals surface area (Å²) in [6, 6.07) is 27.8. The predicted molar refractivity (Wildman–Crippen MR) is 137 cm³/mol. The molecule has 0 N–H and O–H groups in total. The van der Waals surface area contributed by atoms with Gasteiger partial charge in [0.1, 0.15) is 11.2 Å². The zero-order valence-corrected chi connectivity index (χ0v) is 19.1. The van der Waals surface area contributed by atoms with Gasteiger partial charge in [-0.05, 0) is 65.6 Å². The maximum Gasteiger partial charge on any atom is 0.144 e. The van der Waals surface area contributed by atoms with Crippen LogP contribution in [0.4, 0.5) is 0 Å². The van der Waals surface area contributed by atoms with Gasteiger partial charge in [0, 0.05) is 22.5 Å². The fourth-order valence-electron chi connectivity index (χ4n) is 5.69. The Morgan fingerprint density at radius 2 is 1.61 bits per heavy atom. The van der Waals surface area contributed by atoms with E-state index in [1.165, 1.54) is 54.2 Å². The number of nitrogens with zero attached hydrogens (tertiary/aromatic N) is 1. The third-order valence-corrected chi connectivity index (χ3v) is 7.55. The van der Waals surface area contributed by atoms with Crippen molar-refractivity contribution in [3.63, 3.8) is 0 Å². The van der Waals surface area contributed by atoms with E-state index in [4.69, 9.17) is 9.40 Å². The molecule has 0 radical (unpaired) electrons. The van der Waals surface area contributed by atoms with Gasteiger partial charge in [0.05, 0.1) is 5.69 Å². The van der Waals surface area contributed by atoms with Crippen molar-refractivity contribution >= 4 is 21.9 Å². The summed E-state index contributed by atoms with van der Waals surface area (Å²) in [5.74, 6) is 1.34. The average molecular weight is 432 g/mol. The van der Waals surface area contributed by atoms with Gasteiger partial charge in [0.25, 0.3) is 0 Å². The fourth-order valence-corrected chi connectivity index (χ4v) is 5.69. The summed E-state index contributed by atoms with van der Waals surface area (Å²) in [4.78, 5) is 4.78. The number of pyridine rings is 1. The van der Waals surface area contributed by atoms with Gasteiger partial charge in [0.15, 0.2) is 0 Å². The maximum atomic E-state index is 6.48. The smallest absolute Gasteiger partial charge is 0.144 e. The molecule has 164 valence electrons. The summed E-state index contributed by atoms with van der Waals surface area (Å²) in [5.41, 5.74) is 7.72. The van der Waals surface area contributed by atoms with Gasteiger partial charge in [-0.15, -0.1) is 0 Å². The first-order valence-corrected chi connectivity index (χ1v) is 12.3. The number of hydrogen-bond donors (Lipinski definition) is 0. The van der Waals surface area contributed by atoms with Gasteiger partial charge in [-0.25, -0.2) is 0 Å². The lowest BCUT2D eigenvalue weighted by atomic mass is 9.78. The number of hydrogen-bond acceptors (Lipinski definition) is 2. The van der Waals surface area contributed by atoms with Crippen LogP contribution in [0.25, 0.3) is 44.3 Å². The van der Waals surface area contributed by atoms with Gasteiger partial charge in [-0.1, -0.05) is 80.8 Å². The minimum absolute atomic E-state index is 0.562. The molecule has 1 aliphatic rings. The summed E-state index contributed by atoms with van der Waals surface area (Å²) in [5, 5.41) is 2.32. The van der Waals surface area contributed by atoms with Crippen LogP contribution in [0.3, 0.4) is 0 Å². The molecule has 0 bridgehead atoms. The Morgan fingerprint density at radius 1 is 0.818 bits per heavy atom. The maximum absolute atomic E-state index is 6.48. The minimum atomic E-state index is 0.562. The number of fused-ring (bicyclic) bond motifs is 3. The Bertz CT molecular complexity index is 1410. The van der Waals surface area contributed by atoms with Gasteiger partial charge >= 0.3 is 0 Å². The first-order chi connectivity index (χ1) is 16.3. The molecule has 33 heavy (non-hydrogen) atoms. The van der Waals surface area contributed by atoms with Gasteiger partial charge in [0.2, 0.25) is 0 Å². The molecule has 1 atom stereocenters. The van der Waals surface area contributed by atoms with Gasteiger partial charge in [-0.3, -0.25) is 4.98 Å². The second-order valence-electron chi connectivity index (χ2n) is 9.49. The van der Waals surface area contributed by atoms with Crippen molar-refractivity contribution in [3.8, 4) is 22.4 Å². The average Bonchev–Trinajstić information content (AvgIpc) is 3.28. The Morgan fingerprint density at radius 3 is 2.45 bits per heavy atom. The quantitative estimate of drug-likeness (QED) is 0.284. The molecule has 2 nitrogen and oxygen atoms in total. The summed E-state index contributed by atoms with van der Waals surface area (Å²) in [6.07, 6.45) is 8.80. The first-order valence-electron chi connectivity index (χ1n) is 12.3. The van der Waals surface area contributed by atoms with E-state index in [2.05, 4.69) is 85.8 Å². The summed E-state index contributed by atoms with van der Waals surface area (Å²) >= 11 is 0. The lowest BCUT2D eigenvalue weighted by molar-refractivity contribution is 0.316. The molecule has 1 aliphatic carbocycles.